The summed E-state index contributed by atoms with van der Waals surface area (Å²) in [5, 5.41) is 10.4. The van der Waals surface area contributed by atoms with Crippen molar-refractivity contribution >= 4 is 76.2 Å². The van der Waals surface area contributed by atoms with E-state index in [4.69, 9.17) is 0 Å². The maximum absolute atomic E-state index is 2.55. The predicted octanol–water partition coefficient (Wildman–Crippen LogP) is 14.4. The highest BCUT2D eigenvalue weighted by Crippen LogP contribution is 2.48. The first-order valence-electron chi connectivity index (χ1n) is 19.8. The zero-order valence-electron chi connectivity index (χ0n) is 32.8. The molecule has 56 heavy (non-hydrogen) atoms. The summed E-state index contributed by atoms with van der Waals surface area (Å²) in [5.41, 5.74) is 15.5. The maximum atomic E-state index is 2.55. The van der Waals surface area contributed by atoms with Gasteiger partial charge in [-0.05, 0) is 131 Å². The molecule has 0 N–H and O–H groups in total. The van der Waals surface area contributed by atoms with Crippen LogP contribution >= 0.6 is 0 Å². The quantitative estimate of drug-likeness (QED) is 0.125. The first-order chi connectivity index (χ1) is 27.2. The molecule has 6 bridgehead atoms. The number of fused-ring (bicyclic) bond motifs is 10. The zero-order valence-corrected chi connectivity index (χ0v) is 32.8. The number of para-hydroxylation sites is 3. The molecule has 0 spiro atoms. The van der Waals surface area contributed by atoms with Crippen molar-refractivity contribution in [3.8, 4) is 17.1 Å². The van der Waals surface area contributed by atoms with E-state index in [9.17, 15) is 0 Å². The van der Waals surface area contributed by atoms with Crippen LogP contribution in [0.5, 0.6) is 0 Å². The van der Waals surface area contributed by atoms with E-state index in [0.717, 1.165) is 27.8 Å². The molecule has 0 atom stereocenters. The van der Waals surface area contributed by atoms with Crippen molar-refractivity contribution in [2.24, 2.45) is 0 Å². The number of nitrogens with zero attached hydrogens (tertiary/aromatic N) is 3. The lowest BCUT2D eigenvalue weighted by molar-refractivity contribution is 0.591. The van der Waals surface area contributed by atoms with Crippen LogP contribution in [0.25, 0.3) is 93.3 Å². The summed E-state index contributed by atoms with van der Waals surface area (Å²) in [6.07, 6.45) is 0. The van der Waals surface area contributed by atoms with Crippen LogP contribution in [0.4, 0.5) is 0 Å². The summed E-state index contributed by atoms with van der Waals surface area (Å²) in [6.45, 7) is 13.7. The van der Waals surface area contributed by atoms with Crippen molar-refractivity contribution in [1.82, 2.24) is 13.7 Å². The highest BCUT2D eigenvalue weighted by molar-refractivity contribution is 6.35. The van der Waals surface area contributed by atoms with Crippen LogP contribution in [0, 0.1) is 20.8 Å². The second-order valence-electron chi connectivity index (χ2n) is 16.8. The minimum Gasteiger partial charge on any atom is -0.310 e. The molecular weight excluding hydrogens is 679 g/mol. The van der Waals surface area contributed by atoms with Gasteiger partial charge in [0.05, 0.1) is 22.4 Å². The van der Waals surface area contributed by atoms with E-state index in [1.807, 2.05) is 0 Å². The summed E-state index contributed by atoms with van der Waals surface area (Å²) in [4.78, 5) is 0. The third-order valence-electron chi connectivity index (χ3n) is 12.2. The molecule has 3 heteroatoms. The van der Waals surface area contributed by atoms with E-state index in [0.29, 0.717) is 0 Å². The molecule has 2 aliphatic rings. The van der Waals surface area contributed by atoms with Gasteiger partial charge in [0.15, 0.2) is 0 Å². The molecule has 2 aliphatic heterocycles. The molecule has 0 aromatic heterocycles. The number of pyridine rings is 1. The fourth-order valence-corrected chi connectivity index (χ4v) is 9.68. The minimum absolute atomic E-state index is 0.0138. The van der Waals surface area contributed by atoms with E-state index in [1.54, 1.807) is 0 Å². The van der Waals surface area contributed by atoms with Crippen molar-refractivity contribution in [2.75, 3.05) is 0 Å². The molecule has 0 fully saturated rings. The van der Waals surface area contributed by atoms with Gasteiger partial charge in [0.1, 0.15) is 0 Å². The normalized spacial score (nSPS) is 12.5. The Morgan fingerprint density at radius 3 is 1.71 bits per heavy atom. The Balaban J connectivity index is 1.53. The van der Waals surface area contributed by atoms with E-state index in [2.05, 4.69) is 207 Å². The monoisotopic (exact) mass is 721 g/mol. The molecule has 0 saturated carbocycles. The Bertz CT molecular complexity index is 3400. The first kappa shape index (κ1) is 32.8. The topological polar surface area (TPSA) is 14.8 Å². The molecule has 0 amide bonds. The second-order valence-corrected chi connectivity index (χ2v) is 16.8. The Labute approximate surface area is 326 Å². The summed E-state index contributed by atoms with van der Waals surface area (Å²) >= 11 is 0. The van der Waals surface area contributed by atoms with E-state index in [1.165, 1.54) is 87.8 Å². The molecule has 0 aliphatic carbocycles. The van der Waals surface area contributed by atoms with Gasteiger partial charge in [0.25, 0.3) is 0 Å². The Morgan fingerprint density at radius 1 is 0.411 bits per heavy atom. The highest BCUT2D eigenvalue weighted by atomic mass is 15.0. The van der Waals surface area contributed by atoms with Gasteiger partial charge < -0.3 is 13.7 Å². The van der Waals surface area contributed by atoms with Crippen LogP contribution in [0.2, 0.25) is 0 Å². The van der Waals surface area contributed by atoms with E-state index in [-0.39, 0.29) is 5.41 Å². The van der Waals surface area contributed by atoms with Gasteiger partial charge in [-0.1, -0.05) is 112 Å². The molecule has 9 aromatic rings. The van der Waals surface area contributed by atoms with Gasteiger partial charge in [-0.3, -0.25) is 0 Å². The number of hydrogen-bond donors (Lipinski definition) is 0. The zero-order chi connectivity index (χ0) is 38.0. The maximum Gasteiger partial charge on any atom is 0.0569 e. The summed E-state index contributed by atoms with van der Waals surface area (Å²) < 4.78 is 7.50. The fraction of sp³-hybridized carbons (Fsp3) is 0.132. The lowest BCUT2D eigenvalue weighted by Crippen LogP contribution is -2.11. The molecule has 2 heterocycles. The van der Waals surface area contributed by atoms with Crippen LogP contribution in [0.15, 0.2) is 152 Å². The Morgan fingerprint density at radius 2 is 1.02 bits per heavy atom. The van der Waals surface area contributed by atoms with Gasteiger partial charge in [0.2, 0.25) is 0 Å². The van der Waals surface area contributed by atoms with Gasteiger partial charge in [-0.15, -0.1) is 0 Å². The third-order valence-corrected chi connectivity index (χ3v) is 12.2. The molecule has 3 nitrogen and oxygen atoms in total. The van der Waals surface area contributed by atoms with Gasteiger partial charge >= 0.3 is 0 Å². The average Bonchev–Trinajstić information content (AvgIpc) is 3.19. The van der Waals surface area contributed by atoms with Crippen LogP contribution in [0.3, 0.4) is 0 Å². The number of hydrogen-bond acceptors (Lipinski definition) is 0. The third kappa shape index (κ3) is 4.64. The van der Waals surface area contributed by atoms with Crippen LogP contribution in [0.1, 0.15) is 43.0 Å². The lowest BCUT2D eigenvalue weighted by atomic mass is 9.82. The number of aryl methyl sites for hydroxylation is 3. The second kappa shape index (κ2) is 11.7. The molecule has 11 rings (SSSR count). The minimum atomic E-state index is 0.0138. The standard InChI is InChI=1S/C53H43N3/c1-32-14-10-15-33(2)51(32)55-41-21-12-19-39(29-41)54(38-17-8-7-9-18-38)40-20-13-22-42(30-40)56-47-31-46(55)44-25-24-35-26-37(53(4,5)6)27-36-28-45(49(47)50(44)48(35)36)43-23-11-16-34(3)52(43)56/h7-31H,1-6H3. The number of aromatic nitrogens is 3. The Hall–Kier alpha value is -6.58. The summed E-state index contributed by atoms with van der Waals surface area (Å²) in [7, 11) is 0. The van der Waals surface area contributed by atoms with Gasteiger partial charge in [0, 0.05) is 49.3 Å². The van der Waals surface area contributed by atoms with Gasteiger partial charge in [-0.25, -0.2) is 0 Å². The molecular formula is C53H43N3. The van der Waals surface area contributed by atoms with E-state index >= 15 is 0 Å². The van der Waals surface area contributed by atoms with Crippen molar-refractivity contribution in [1.29, 1.82) is 0 Å². The molecule has 270 valence electrons. The van der Waals surface area contributed by atoms with Crippen molar-refractivity contribution < 1.29 is 0 Å². The van der Waals surface area contributed by atoms with E-state index < -0.39 is 0 Å². The fourth-order valence-electron chi connectivity index (χ4n) is 9.68. The number of benzene rings is 9. The van der Waals surface area contributed by atoms with Crippen LogP contribution in [-0.2, 0) is 5.41 Å². The summed E-state index contributed by atoms with van der Waals surface area (Å²) in [6, 6.07) is 57.1. The number of rotatable bonds is 2. The first-order valence-corrected chi connectivity index (χ1v) is 19.8. The predicted molar refractivity (Wildman–Crippen MR) is 240 cm³/mol. The SMILES string of the molecule is Cc1cccc(C)c1-n1c2cccc(c2)n(-c2ccccc2)c2cccc(c2)n2c3c(C)cccc3c3cc4cc(C(C)(C)C)cc5ccc6c(c3c-2cc61)c54. The largest absolute Gasteiger partial charge is 0.310 e. The molecule has 0 unspecified atom stereocenters. The van der Waals surface area contributed by atoms with Gasteiger partial charge in [-0.2, -0.15) is 0 Å². The molecule has 0 radical (unpaired) electrons. The average molecular weight is 722 g/mol. The summed E-state index contributed by atoms with van der Waals surface area (Å²) in [5.74, 6) is 0. The molecule has 9 aromatic carbocycles. The lowest BCUT2D eigenvalue weighted by Gasteiger charge is -2.27. The van der Waals surface area contributed by atoms with Crippen molar-refractivity contribution in [3.05, 3.63) is 174 Å². The van der Waals surface area contributed by atoms with Crippen LogP contribution in [-0.4, -0.2) is 13.7 Å². The Kier molecular flexibility index (Phi) is 6.86. The smallest absolute Gasteiger partial charge is 0.0569 e. The highest BCUT2D eigenvalue weighted by Gasteiger charge is 2.25. The van der Waals surface area contributed by atoms with Crippen molar-refractivity contribution in [3.63, 3.8) is 0 Å². The van der Waals surface area contributed by atoms with Crippen LogP contribution < -0.4 is 0 Å². The molecule has 0 saturated heterocycles. The van der Waals surface area contributed by atoms with Crippen molar-refractivity contribution in [2.45, 2.75) is 47.0 Å².